The van der Waals surface area contributed by atoms with Crippen LogP contribution in [0.3, 0.4) is 0 Å². The Bertz CT molecular complexity index is 549. The van der Waals surface area contributed by atoms with Crippen LogP contribution in [-0.2, 0) is 6.42 Å². The number of anilines is 1. The van der Waals surface area contributed by atoms with Crippen LogP contribution in [0.1, 0.15) is 37.9 Å². The first-order valence-electron chi connectivity index (χ1n) is 7.01. The lowest BCUT2D eigenvalue weighted by atomic mass is 10.00. The number of aromatic nitrogens is 1. The van der Waals surface area contributed by atoms with Crippen molar-refractivity contribution in [1.29, 1.82) is 0 Å². The minimum atomic E-state index is 0.238. The normalized spacial score (nSPS) is 12.4. The first-order valence-corrected chi connectivity index (χ1v) is 7.39. The largest absolute Gasteiger partial charge is 0.378 e. The number of nitrogens with one attached hydrogen (secondary N) is 1. The first kappa shape index (κ1) is 14.9. The summed E-state index contributed by atoms with van der Waals surface area (Å²) in [7, 11) is 0. The minimum absolute atomic E-state index is 0.238. The Morgan fingerprint density at radius 1 is 1.10 bits per heavy atom. The number of rotatable bonds is 5. The molecule has 1 atom stereocenters. The van der Waals surface area contributed by atoms with Crippen molar-refractivity contribution >= 4 is 17.3 Å². The van der Waals surface area contributed by atoms with Crippen LogP contribution < -0.4 is 5.32 Å². The summed E-state index contributed by atoms with van der Waals surface area (Å²) in [6.07, 6.45) is 2.84. The topological polar surface area (TPSA) is 24.9 Å². The highest BCUT2D eigenvalue weighted by molar-refractivity contribution is 6.29. The molecule has 1 aromatic carbocycles. The summed E-state index contributed by atoms with van der Waals surface area (Å²) in [4.78, 5) is 3.98. The molecular weight excluding hydrogens is 268 g/mol. The van der Waals surface area contributed by atoms with E-state index < -0.39 is 0 Å². The summed E-state index contributed by atoms with van der Waals surface area (Å²) < 4.78 is 0. The summed E-state index contributed by atoms with van der Waals surface area (Å²) in [6, 6.07) is 12.8. The zero-order valence-electron chi connectivity index (χ0n) is 12.2. The lowest BCUT2D eigenvalue weighted by molar-refractivity contribution is 0.647. The summed E-state index contributed by atoms with van der Waals surface area (Å²) in [5, 5.41) is 3.94. The van der Waals surface area contributed by atoms with Gasteiger partial charge in [0.25, 0.3) is 0 Å². The van der Waals surface area contributed by atoms with Crippen LogP contribution in [0.25, 0.3) is 0 Å². The van der Waals surface area contributed by atoms with Crippen molar-refractivity contribution in [2.75, 3.05) is 5.32 Å². The third kappa shape index (κ3) is 4.24. The van der Waals surface area contributed by atoms with Gasteiger partial charge in [-0.2, -0.15) is 0 Å². The fourth-order valence-corrected chi connectivity index (χ4v) is 2.41. The molecule has 0 bridgehead atoms. The van der Waals surface area contributed by atoms with Crippen molar-refractivity contribution < 1.29 is 0 Å². The number of halogens is 1. The van der Waals surface area contributed by atoms with Crippen LogP contribution in [-0.4, -0.2) is 4.98 Å². The van der Waals surface area contributed by atoms with E-state index in [0.717, 1.165) is 12.1 Å². The Balaban J connectivity index is 2.03. The molecule has 0 fully saturated rings. The molecule has 0 aliphatic rings. The van der Waals surface area contributed by atoms with Crippen molar-refractivity contribution in [3.8, 4) is 0 Å². The molecule has 1 heterocycles. The van der Waals surface area contributed by atoms with Gasteiger partial charge in [0, 0.05) is 17.9 Å². The van der Waals surface area contributed by atoms with Gasteiger partial charge in [0.2, 0.25) is 0 Å². The molecule has 20 heavy (non-hydrogen) atoms. The molecule has 106 valence electrons. The van der Waals surface area contributed by atoms with Crippen LogP contribution in [0.2, 0.25) is 5.15 Å². The molecule has 2 nitrogen and oxygen atoms in total. The highest BCUT2D eigenvalue weighted by Gasteiger charge is 2.06. The number of hydrogen-bond acceptors (Lipinski definition) is 2. The maximum atomic E-state index is 5.89. The number of benzene rings is 1. The zero-order valence-corrected chi connectivity index (χ0v) is 13.0. The molecule has 2 aromatic rings. The molecule has 0 amide bonds. The van der Waals surface area contributed by atoms with Gasteiger partial charge in [0.05, 0.1) is 0 Å². The summed E-state index contributed by atoms with van der Waals surface area (Å²) in [5.41, 5.74) is 3.65. The molecule has 1 aromatic heterocycles. The van der Waals surface area contributed by atoms with Gasteiger partial charge in [0.15, 0.2) is 0 Å². The fourth-order valence-electron chi connectivity index (χ4n) is 2.24. The third-order valence-corrected chi connectivity index (χ3v) is 3.44. The molecule has 0 radical (unpaired) electrons. The smallest absolute Gasteiger partial charge is 0.131 e. The average molecular weight is 289 g/mol. The maximum Gasteiger partial charge on any atom is 0.131 e. The molecule has 0 aliphatic carbocycles. The van der Waals surface area contributed by atoms with E-state index in [0.29, 0.717) is 11.1 Å². The Morgan fingerprint density at radius 3 is 2.40 bits per heavy atom. The predicted molar refractivity (Wildman–Crippen MR) is 86.3 cm³/mol. The van der Waals surface area contributed by atoms with E-state index in [-0.39, 0.29) is 6.04 Å². The average Bonchev–Trinajstić information content (AvgIpc) is 2.38. The second kappa shape index (κ2) is 6.76. The van der Waals surface area contributed by atoms with Crippen molar-refractivity contribution in [2.24, 2.45) is 5.92 Å². The van der Waals surface area contributed by atoms with E-state index >= 15 is 0 Å². The number of nitrogens with zero attached hydrogens (tertiary/aromatic N) is 1. The highest BCUT2D eigenvalue weighted by atomic mass is 35.5. The van der Waals surface area contributed by atoms with Crippen LogP contribution in [0, 0.1) is 5.92 Å². The SMILES string of the molecule is CC(C)Cc1ccc(C(C)Nc2ccnc(Cl)c2)cc1. The minimum Gasteiger partial charge on any atom is -0.378 e. The molecule has 0 saturated heterocycles. The number of hydrogen-bond donors (Lipinski definition) is 1. The Hall–Kier alpha value is -1.54. The fraction of sp³-hybridized carbons (Fsp3) is 0.353. The van der Waals surface area contributed by atoms with Crippen molar-refractivity contribution in [1.82, 2.24) is 4.98 Å². The van der Waals surface area contributed by atoms with Crippen molar-refractivity contribution in [2.45, 2.75) is 33.2 Å². The molecule has 0 saturated carbocycles. The molecule has 1 N–H and O–H groups in total. The second-order valence-electron chi connectivity index (χ2n) is 5.57. The molecule has 0 aliphatic heterocycles. The monoisotopic (exact) mass is 288 g/mol. The van der Waals surface area contributed by atoms with E-state index in [2.05, 4.69) is 55.3 Å². The summed E-state index contributed by atoms with van der Waals surface area (Å²) >= 11 is 5.89. The standard InChI is InChI=1S/C17H21ClN2/c1-12(2)10-14-4-6-15(7-5-14)13(3)20-16-8-9-19-17(18)11-16/h4-9,11-13H,10H2,1-3H3,(H,19,20). The summed E-state index contributed by atoms with van der Waals surface area (Å²) in [5.74, 6) is 0.690. The van der Waals surface area contributed by atoms with Crippen LogP contribution in [0.4, 0.5) is 5.69 Å². The molecular formula is C17H21ClN2. The van der Waals surface area contributed by atoms with Gasteiger partial charge in [-0.15, -0.1) is 0 Å². The van der Waals surface area contributed by atoms with Gasteiger partial charge >= 0.3 is 0 Å². The quantitative estimate of drug-likeness (QED) is 0.774. The molecule has 1 unspecified atom stereocenters. The lowest BCUT2D eigenvalue weighted by Gasteiger charge is -2.16. The highest BCUT2D eigenvalue weighted by Crippen LogP contribution is 2.21. The molecule has 3 heteroatoms. The third-order valence-electron chi connectivity index (χ3n) is 3.23. The van der Waals surface area contributed by atoms with Gasteiger partial charge in [0.1, 0.15) is 5.15 Å². The van der Waals surface area contributed by atoms with Crippen LogP contribution >= 0.6 is 11.6 Å². The van der Waals surface area contributed by atoms with E-state index in [1.807, 2.05) is 12.1 Å². The van der Waals surface area contributed by atoms with Crippen molar-refractivity contribution in [3.05, 3.63) is 58.9 Å². The van der Waals surface area contributed by atoms with Gasteiger partial charge in [-0.05, 0) is 42.5 Å². The summed E-state index contributed by atoms with van der Waals surface area (Å²) in [6.45, 7) is 6.63. The van der Waals surface area contributed by atoms with E-state index in [4.69, 9.17) is 11.6 Å². The molecule has 0 spiro atoms. The maximum absolute atomic E-state index is 5.89. The first-order chi connectivity index (χ1) is 9.54. The lowest BCUT2D eigenvalue weighted by Crippen LogP contribution is -2.07. The Labute approximate surface area is 126 Å². The van der Waals surface area contributed by atoms with Crippen molar-refractivity contribution in [3.63, 3.8) is 0 Å². The van der Waals surface area contributed by atoms with Gasteiger partial charge in [-0.25, -0.2) is 4.98 Å². The van der Waals surface area contributed by atoms with Gasteiger partial charge in [-0.1, -0.05) is 49.7 Å². The molecule has 2 rings (SSSR count). The zero-order chi connectivity index (χ0) is 14.5. The van der Waals surface area contributed by atoms with E-state index in [1.165, 1.54) is 11.1 Å². The Morgan fingerprint density at radius 2 is 1.80 bits per heavy atom. The Kier molecular flexibility index (Phi) is 5.02. The van der Waals surface area contributed by atoms with Gasteiger partial charge < -0.3 is 5.32 Å². The van der Waals surface area contributed by atoms with Gasteiger partial charge in [-0.3, -0.25) is 0 Å². The van der Waals surface area contributed by atoms with Crippen LogP contribution in [0.5, 0.6) is 0 Å². The second-order valence-corrected chi connectivity index (χ2v) is 5.96. The van der Waals surface area contributed by atoms with E-state index in [1.54, 1.807) is 6.20 Å². The van der Waals surface area contributed by atoms with E-state index in [9.17, 15) is 0 Å². The predicted octanol–water partition coefficient (Wildman–Crippen LogP) is 5.11. The van der Waals surface area contributed by atoms with Crippen LogP contribution in [0.15, 0.2) is 42.6 Å². The number of pyridine rings is 1.